The van der Waals surface area contributed by atoms with Gasteiger partial charge in [-0.15, -0.1) is 0 Å². The van der Waals surface area contributed by atoms with E-state index in [1.165, 1.54) is 0 Å². The minimum absolute atomic E-state index is 0.0186. The van der Waals surface area contributed by atoms with Gasteiger partial charge in [-0.3, -0.25) is 10.1 Å². The summed E-state index contributed by atoms with van der Waals surface area (Å²) in [5.74, 6) is 0.461. The van der Waals surface area contributed by atoms with Gasteiger partial charge in [0.2, 0.25) is 5.82 Å². The highest BCUT2D eigenvalue weighted by Gasteiger charge is 2.24. The third-order valence-electron chi connectivity index (χ3n) is 2.77. The number of nitrogens with zero attached hydrogens (tertiary/aromatic N) is 3. The summed E-state index contributed by atoms with van der Waals surface area (Å²) in [7, 11) is 0. The molecule has 0 fully saturated rings. The van der Waals surface area contributed by atoms with Crippen LogP contribution in [-0.4, -0.2) is 27.3 Å². The lowest BCUT2D eigenvalue weighted by molar-refractivity contribution is -0.384. The number of aromatic nitrogens is 2. The van der Waals surface area contributed by atoms with Gasteiger partial charge in [-0.05, 0) is 19.8 Å². The first-order valence-corrected chi connectivity index (χ1v) is 6.22. The average Bonchev–Trinajstić information content (AvgIpc) is 2.62. The summed E-state index contributed by atoms with van der Waals surface area (Å²) in [5.41, 5.74) is 6.30. The third kappa shape index (κ3) is 3.19. The largest absolute Gasteiger partial charge is 0.363 e. The Labute approximate surface area is 107 Å². The highest BCUT2D eigenvalue weighted by molar-refractivity contribution is 5.59. The minimum Gasteiger partial charge on any atom is -0.363 e. The molecule has 1 aromatic rings. The lowest BCUT2D eigenvalue weighted by atomic mass is 10.2. The number of aryl methyl sites for hydroxylation is 2. The van der Waals surface area contributed by atoms with Crippen molar-refractivity contribution in [1.29, 1.82) is 0 Å². The van der Waals surface area contributed by atoms with Crippen LogP contribution in [0.25, 0.3) is 0 Å². The van der Waals surface area contributed by atoms with Crippen molar-refractivity contribution in [1.82, 2.24) is 9.78 Å². The van der Waals surface area contributed by atoms with Gasteiger partial charge in [0.25, 0.3) is 0 Å². The first kappa shape index (κ1) is 14.4. The summed E-state index contributed by atoms with van der Waals surface area (Å²) in [6, 6.07) is -0.0186. The maximum Gasteiger partial charge on any atom is 0.333 e. The monoisotopic (exact) mass is 255 g/mol. The highest BCUT2D eigenvalue weighted by atomic mass is 16.6. The molecule has 3 N–H and O–H groups in total. The highest BCUT2D eigenvalue weighted by Crippen LogP contribution is 2.28. The molecular formula is C11H21N5O2. The Morgan fingerprint density at radius 1 is 1.56 bits per heavy atom. The Bertz CT molecular complexity index is 416. The Kier molecular flexibility index (Phi) is 5.08. The molecule has 7 nitrogen and oxygen atoms in total. The molecule has 1 unspecified atom stereocenters. The summed E-state index contributed by atoms with van der Waals surface area (Å²) in [4.78, 5) is 10.7. The molecule has 0 bridgehead atoms. The van der Waals surface area contributed by atoms with E-state index in [4.69, 9.17) is 5.73 Å². The third-order valence-corrected chi connectivity index (χ3v) is 2.77. The molecule has 0 aliphatic rings. The molecule has 1 aromatic heterocycles. The van der Waals surface area contributed by atoms with Crippen molar-refractivity contribution < 1.29 is 4.92 Å². The lowest BCUT2D eigenvalue weighted by Gasteiger charge is -2.12. The van der Waals surface area contributed by atoms with Crippen molar-refractivity contribution in [2.75, 3.05) is 11.9 Å². The number of nitrogens with one attached hydrogen (secondary N) is 1. The van der Waals surface area contributed by atoms with Crippen LogP contribution in [0.15, 0.2) is 0 Å². The predicted molar refractivity (Wildman–Crippen MR) is 70.7 cm³/mol. The average molecular weight is 255 g/mol. The summed E-state index contributed by atoms with van der Waals surface area (Å²) in [5, 5.41) is 18.3. The van der Waals surface area contributed by atoms with Gasteiger partial charge in [0, 0.05) is 19.1 Å². The zero-order chi connectivity index (χ0) is 13.7. The smallest absolute Gasteiger partial charge is 0.333 e. The van der Waals surface area contributed by atoms with Gasteiger partial charge in [0.05, 0.1) is 4.92 Å². The van der Waals surface area contributed by atoms with E-state index in [9.17, 15) is 10.1 Å². The lowest BCUT2D eigenvalue weighted by Crippen LogP contribution is -2.29. The van der Waals surface area contributed by atoms with Gasteiger partial charge >= 0.3 is 5.69 Å². The second-order valence-electron chi connectivity index (χ2n) is 4.31. The number of hydrogen-bond donors (Lipinski definition) is 2. The molecule has 0 aliphatic heterocycles. The Balaban J connectivity index is 3.00. The number of nitro groups is 1. The zero-order valence-electron chi connectivity index (χ0n) is 11.1. The maximum absolute atomic E-state index is 11.1. The quantitative estimate of drug-likeness (QED) is 0.570. The van der Waals surface area contributed by atoms with Crippen LogP contribution in [0.2, 0.25) is 0 Å². The molecule has 102 valence electrons. The molecule has 0 radical (unpaired) electrons. The van der Waals surface area contributed by atoms with Crippen LogP contribution in [-0.2, 0) is 6.54 Å². The van der Waals surface area contributed by atoms with E-state index in [0.29, 0.717) is 24.6 Å². The van der Waals surface area contributed by atoms with Crippen molar-refractivity contribution >= 4 is 11.5 Å². The topological polar surface area (TPSA) is 99.0 Å². The van der Waals surface area contributed by atoms with E-state index in [0.717, 1.165) is 12.8 Å². The first-order chi connectivity index (χ1) is 8.51. The number of hydrogen-bond acceptors (Lipinski definition) is 5. The fraction of sp³-hybridized carbons (Fsp3) is 0.727. The van der Waals surface area contributed by atoms with Crippen LogP contribution >= 0.6 is 0 Å². The number of nitrogens with two attached hydrogens (primary N) is 1. The van der Waals surface area contributed by atoms with Gasteiger partial charge in [0.1, 0.15) is 5.69 Å². The first-order valence-electron chi connectivity index (χ1n) is 6.22. The van der Waals surface area contributed by atoms with E-state index in [-0.39, 0.29) is 11.7 Å². The minimum atomic E-state index is -0.395. The van der Waals surface area contributed by atoms with Crippen molar-refractivity contribution in [2.45, 2.75) is 46.2 Å². The van der Waals surface area contributed by atoms with Crippen LogP contribution in [0, 0.1) is 17.0 Å². The number of anilines is 1. The van der Waals surface area contributed by atoms with E-state index in [1.807, 2.05) is 13.8 Å². The standard InChI is InChI=1S/C11H21N5O2/c1-4-6-15-11(13-7-9(12)5-2)10(16(17)18)8(3)14-15/h9,13H,4-7,12H2,1-3H3. The fourth-order valence-electron chi connectivity index (χ4n) is 1.71. The Hall–Kier alpha value is -1.63. The molecule has 1 atom stereocenters. The van der Waals surface area contributed by atoms with E-state index >= 15 is 0 Å². The fourth-order valence-corrected chi connectivity index (χ4v) is 1.71. The molecule has 18 heavy (non-hydrogen) atoms. The van der Waals surface area contributed by atoms with Crippen LogP contribution in [0.4, 0.5) is 11.5 Å². The molecule has 1 heterocycles. The second kappa shape index (κ2) is 6.34. The van der Waals surface area contributed by atoms with Crippen molar-refractivity contribution in [3.63, 3.8) is 0 Å². The van der Waals surface area contributed by atoms with Gasteiger partial charge in [-0.25, -0.2) is 4.68 Å². The van der Waals surface area contributed by atoms with Crippen molar-refractivity contribution in [3.8, 4) is 0 Å². The summed E-state index contributed by atoms with van der Waals surface area (Å²) >= 11 is 0. The van der Waals surface area contributed by atoms with Gasteiger partial charge in [0.15, 0.2) is 0 Å². The molecule has 1 rings (SSSR count). The number of rotatable bonds is 7. The zero-order valence-corrected chi connectivity index (χ0v) is 11.1. The van der Waals surface area contributed by atoms with Crippen LogP contribution < -0.4 is 11.1 Å². The SMILES string of the molecule is CCCn1nc(C)c([N+](=O)[O-])c1NCC(N)CC. The summed E-state index contributed by atoms with van der Waals surface area (Å²) in [6.45, 7) is 6.79. The Morgan fingerprint density at radius 3 is 2.72 bits per heavy atom. The Morgan fingerprint density at radius 2 is 2.22 bits per heavy atom. The maximum atomic E-state index is 11.1. The van der Waals surface area contributed by atoms with Crippen LogP contribution in [0.1, 0.15) is 32.4 Å². The van der Waals surface area contributed by atoms with E-state index in [1.54, 1.807) is 11.6 Å². The van der Waals surface area contributed by atoms with Gasteiger partial charge < -0.3 is 11.1 Å². The van der Waals surface area contributed by atoms with Crippen LogP contribution in [0.5, 0.6) is 0 Å². The summed E-state index contributed by atoms with van der Waals surface area (Å²) < 4.78 is 1.65. The van der Waals surface area contributed by atoms with Gasteiger partial charge in [-0.1, -0.05) is 13.8 Å². The van der Waals surface area contributed by atoms with Crippen molar-refractivity contribution in [2.24, 2.45) is 5.73 Å². The van der Waals surface area contributed by atoms with Crippen LogP contribution in [0.3, 0.4) is 0 Å². The molecule has 0 saturated heterocycles. The second-order valence-corrected chi connectivity index (χ2v) is 4.31. The molecule has 0 amide bonds. The molecular weight excluding hydrogens is 234 g/mol. The van der Waals surface area contributed by atoms with Crippen molar-refractivity contribution in [3.05, 3.63) is 15.8 Å². The molecule has 7 heteroatoms. The molecule has 0 spiro atoms. The molecule has 0 aromatic carbocycles. The predicted octanol–water partition coefficient (Wildman–Crippen LogP) is 1.66. The molecule has 0 aliphatic carbocycles. The van der Waals surface area contributed by atoms with E-state index in [2.05, 4.69) is 10.4 Å². The normalized spacial score (nSPS) is 12.4. The van der Waals surface area contributed by atoms with E-state index < -0.39 is 4.92 Å². The summed E-state index contributed by atoms with van der Waals surface area (Å²) in [6.07, 6.45) is 1.69. The molecule has 0 saturated carbocycles. The van der Waals surface area contributed by atoms with Gasteiger partial charge in [-0.2, -0.15) is 5.10 Å².